The highest BCUT2D eigenvalue weighted by Crippen LogP contribution is 2.49. The predicted octanol–water partition coefficient (Wildman–Crippen LogP) is 4.01. The molecule has 0 amide bonds. The van der Waals surface area contributed by atoms with Crippen molar-refractivity contribution in [1.29, 1.82) is 0 Å². The first-order valence-corrected chi connectivity index (χ1v) is 4.85. The summed E-state index contributed by atoms with van der Waals surface area (Å²) in [6.07, 6.45) is -5.50. The van der Waals surface area contributed by atoms with Gasteiger partial charge in [0.1, 0.15) is 0 Å². The molecule has 0 bridgehead atoms. The Bertz CT molecular complexity index is 293. The fourth-order valence-electron chi connectivity index (χ4n) is 0.923. The van der Waals surface area contributed by atoms with E-state index >= 15 is 0 Å². The van der Waals surface area contributed by atoms with E-state index in [-0.39, 0.29) is 6.61 Å². The van der Waals surface area contributed by atoms with Crippen LogP contribution in [0, 0.1) is 6.92 Å². The first-order chi connectivity index (χ1) is 7.98. The SMILES string of the molecule is [CH2]CCOCC=C(C)C(F)(F)C(F)(F)C(F)(F)F. The lowest BCUT2D eigenvalue weighted by Gasteiger charge is -2.28. The smallest absolute Gasteiger partial charge is 0.377 e. The van der Waals surface area contributed by atoms with E-state index in [0.29, 0.717) is 19.4 Å². The van der Waals surface area contributed by atoms with E-state index in [4.69, 9.17) is 0 Å². The number of alkyl halides is 7. The van der Waals surface area contributed by atoms with Gasteiger partial charge in [0.15, 0.2) is 0 Å². The molecule has 107 valence electrons. The summed E-state index contributed by atoms with van der Waals surface area (Å²) in [6, 6.07) is 0. The molecule has 0 saturated carbocycles. The van der Waals surface area contributed by atoms with Crippen LogP contribution in [0.4, 0.5) is 30.7 Å². The van der Waals surface area contributed by atoms with Gasteiger partial charge in [0.25, 0.3) is 0 Å². The third-order valence-electron chi connectivity index (χ3n) is 2.04. The van der Waals surface area contributed by atoms with Gasteiger partial charge in [0, 0.05) is 12.2 Å². The van der Waals surface area contributed by atoms with E-state index in [9.17, 15) is 30.7 Å². The third kappa shape index (κ3) is 3.60. The van der Waals surface area contributed by atoms with Gasteiger partial charge < -0.3 is 4.74 Å². The largest absolute Gasteiger partial charge is 0.460 e. The van der Waals surface area contributed by atoms with Gasteiger partial charge in [-0.1, -0.05) is 13.0 Å². The molecule has 0 aliphatic heterocycles. The normalized spacial score (nSPS) is 15.1. The summed E-state index contributed by atoms with van der Waals surface area (Å²) in [4.78, 5) is 0. The Morgan fingerprint density at radius 2 is 1.61 bits per heavy atom. The second kappa shape index (κ2) is 5.90. The molecule has 1 radical (unpaired) electrons. The molecule has 0 aromatic carbocycles. The molecule has 0 spiro atoms. The monoisotopic (exact) mass is 281 g/mol. The topological polar surface area (TPSA) is 9.23 Å². The van der Waals surface area contributed by atoms with Crippen LogP contribution < -0.4 is 0 Å². The average molecular weight is 281 g/mol. The van der Waals surface area contributed by atoms with Crippen molar-refractivity contribution in [3.8, 4) is 0 Å². The van der Waals surface area contributed by atoms with Crippen LogP contribution in [0.15, 0.2) is 11.6 Å². The van der Waals surface area contributed by atoms with Gasteiger partial charge >= 0.3 is 18.0 Å². The molecule has 0 aliphatic carbocycles. The standard InChI is InChI=1S/C10H12F7O/c1-3-5-18-6-4-7(2)8(11,12)9(13,14)10(15,16)17/h4H,1,3,5-6H2,2H3. The highest BCUT2D eigenvalue weighted by molar-refractivity contribution is 5.16. The van der Waals surface area contributed by atoms with Gasteiger partial charge in [-0.3, -0.25) is 0 Å². The Hall–Kier alpha value is -0.790. The molecular formula is C10H12F7O. The summed E-state index contributed by atoms with van der Waals surface area (Å²) >= 11 is 0. The molecule has 0 rings (SSSR count). The summed E-state index contributed by atoms with van der Waals surface area (Å²) < 4.78 is 91.3. The van der Waals surface area contributed by atoms with E-state index in [1.54, 1.807) is 0 Å². The van der Waals surface area contributed by atoms with E-state index in [0.717, 1.165) is 0 Å². The maximum atomic E-state index is 13.0. The molecule has 0 aliphatic rings. The highest BCUT2D eigenvalue weighted by atomic mass is 19.4. The van der Waals surface area contributed by atoms with Gasteiger partial charge in [-0.2, -0.15) is 30.7 Å². The second-order valence-corrected chi connectivity index (χ2v) is 3.46. The van der Waals surface area contributed by atoms with E-state index in [1.165, 1.54) is 0 Å². The zero-order valence-electron chi connectivity index (χ0n) is 9.46. The average Bonchev–Trinajstić information content (AvgIpc) is 2.22. The van der Waals surface area contributed by atoms with Crippen LogP contribution in [0.1, 0.15) is 13.3 Å². The number of hydrogen-bond donors (Lipinski definition) is 0. The van der Waals surface area contributed by atoms with Gasteiger partial charge in [-0.15, -0.1) is 0 Å². The molecule has 1 nitrogen and oxygen atoms in total. The quantitative estimate of drug-likeness (QED) is 0.406. The molecule has 0 N–H and O–H groups in total. The molecule has 0 unspecified atom stereocenters. The Morgan fingerprint density at radius 3 is 2.00 bits per heavy atom. The summed E-state index contributed by atoms with van der Waals surface area (Å²) in [7, 11) is 0. The van der Waals surface area contributed by atoms with Crippen LogP contribution in [0.5, 0.6) is 0 Å². The fourth-order valence-corrected chi connectivity index (χ4v) is 0.923. The van der Waals surface area contributed by atoms with Crippen LogP contribution >= 0.6 is 0 Å². The van der Waals surface area contributed by atoms with Crippen LogP contribution in [0.25, 0.3) is 0 Å². The van der Waals surface area contributed by atoms with Gasteiger partial charge in [0.2, 0.25) is 0 Å². The summed E-state index contributed by atoms with van der Waals surface area (Å²) in [5.41, 5.74) is -1.39. The third-order valence-corrected chi connectivity index (χ3v) is 2.04. The zero-order chi connectivity index (χ0) is 14.6. The molecule has 0 atom stereocenters. The van der Waals surface area contributed by atoms with E-state index in [2.05, 4.69) is 11.7 Å². The summed E-state index contributed by atoms with van der Waals surface area (Å²) in [5.74, 6) is -11.4. The van der Waals surface area contributed by atoms with Crippen LogP contribution in [-0.2, 0) is 4.74 Å². The molecule has 8 heteroatoms. The maximum Gasteiger partial charge on any atom is 0.460 e. The molecule has 0 fully saturated rings. The van der Waals surface area contributed by atoms with Crippen LogP contribution in [-0.4, -0.2) is 31.2 Å². The van der Waals surface area contributed by atoms with Gasteiger partial charge in [0.05, 0.1) is 6.61 Å². The van der Waals surface area contributed by atoms with Crippen LogP contribution in [0.3, 0.4) is 0 Å². The van der Waals surface area contributed by atoms with E-state index in [1.807, 2.05) is 0 Å². The maximum absolute atomic E-state index is 13.0. The van der Waals surface area contributed by atoms with Crippen molar-refractivity contribution in [3.63, 3.8) is 0 Å². The Labute approximate surface area is 99.6 Å². The van der Waals surface area contributed by atoms with Crippen LogP contribution in [0.2, 0.25) is 0 Å². The molecule has 0 aromatic heterocycles. The Morgan fingerprint density at radius 1 is 1.11 bits per heavy atom. The number of ether oxygens (including phenoxy) is 1. The lowest BCUT2D eigenvalue weighted by molar-refractivity contribution is -0.344. The molecule has 18 heavy (non-hydrogen) atoms. The fraction of sp³-hybridized carbons (Fsp3) is 0.700. The number of halogens is 7. The van der Waals surface area contributed by atoms with Crippen molar-refractivity contribution in [1.82, 2.24) is 0 Å². The summed E-state index contributed by atoms with van der Waals surface area (Å²) in [5, 5.41) is 0. The minimum atomic E-state index is -6.32. The molecule has 0 aromatic rings. The lowest BCUT2D eigenvalue weighted by Crippen LogP contribution is -2.52. The first kappa shape index (κ1) is 17.2. The Balaban J connectivity index is 4.91. The Kier molecular flexibility index (Phi) is 5.64. The molecule has 0 saturated heterocycles. The lowest BCUT2D eigenvalue weighted by atomic mass is 10.0. The van der Waals surface area contributed by atoms with Crippen molar-refractivity contribution in [2.24, 2.45) is 0 Å². The van der Waals surface area contributed by atoms with Crippen molar-refractivity contribution in [3.05, 3.63) is 18.6 Å². The minimum absolute atomic E-state index is 0.0883. The zero-order valence-corrected chi connectivity index (χ0v) is 9.46. The van der Waals surface area contributed by atoms with Crippen molar-refractivity contribution < 1.29 is 35.5 Å². The van der Waals surface area contributed by atoms with Crippen molar-refractivity contribution >= 4 is 0 Å². The van der Waals surface area contributed by atoms with Crippen molar-refractivity contribution in [2.45, 2.75) is 31.4 Å². The number of hydrogen-bond acceptors (Lipinski definition) is 1. The highest BCUT2D eigenvalue weighted by Gasteiger charge is 2.73. The van der Waals surface area contributed by atoms with E-state index < -0.39 is 30.2 Å². The summed E-state index contributed by atoms with van der Waals surface area (Å²) in [6.45, 7) is 3.46. The minimum Gasteiger partial charge on any atom is -0.377 e. The number of allylic oxidation sites excluding steroid dienone is 1. The second-order valence-electron chi connectivity index (χ2n) is 3.46. The first-order valence-electron chi connectivity index (χ1n) is 4.85. The predicted molar refractivity (Wildman–Crippen MR) is 50.5 cm³/mol. The molecular weight excluding hydrogens is 269 g/mol. The molecule has 0 heterocycles. The van der Waals surface area contributed by atoms with Crippen molar-refractivity contribution in [2.75, 3.05) is 13.2 Å². The number of rotatable bonds is 6. The van der Waals surface area contributed by atoms with Gasteiger partial charge in [-0.05, 0) is 13.3 Å². The van der Waals surface area contributed by atoms with Gasteiger partial charge in [-0.25, -0.2) is 0 Å².